The van der Waals surface area contributed by atoms with E-state index in [-0.39, 0.29) is 22.9 Å². The third kappa shape index (κ3) is 3.72. The van der Waals surface area contributed by atoms with Crippen LogP contribution in [0.5, 0.6) is 11.5 Å². The number of imide groups is 1. The Bertz CT molecular complexity index is 1640. The molecule has 3 aromatic carbocycles. The fourth-order valence-electron chi connectivity index (χ4n) is 6.05. The lowest BCUT2D eigenvalue weighted by Gasteiger charge is -2.35. The monoisotopic (exact) mass is 603 g/mol. The zero-order chi connectivity index (χ0) is 28.3. The van der Waals surface area contributed by atoms with Crippen molar-refractivity contribution in [2.75, 3.05) is 19.1 Å². The first-order chi connectivity index (χ1) is 19.3. The first-order valence-corrected chi connectivity index (χ1v) is 13.2. The minimum atomic E-state index is -1.04. The average Bonchev–Trinajstić information content (AvgIpc) is 3.44. The number of ether oxygens (including phenoxy) is 2. The van der Waals surface area contributed by atoms with E-state index in [0.717, 1.165) is 22.1 Å². The molecular weight excluding hydrogens is 582 g/mol. The number of benzene rings is 3. The number of nitrogens with zero attached hydrogens (tertiary/aromatic N) is 3. The largest absolute Gasteiger partial charge is 0.496 e. The van der Waals surface area contributed by atoms with E-state index in [1.165, 1.54) is 26.4 Å². The maximum atomic E-state index is 14.2. The lowest BCUT2D eigenvalue weighted by Crippen LogP contribution is -2.44. The van der Waals surface area contributed by atoms with Gasteiger partial charge in [0, 0.05) is 23.9 Å². The van der Waals surface area contributed by atoms with E-state index in [1.54, 1.807) is 29.3 Å². The molecule has 10 nitrogen and oxygen atoms in total. The highest BCUT2D eigenvalue weighted by molar-refractivity contribution is 9.10. The minimum Gasteiger partial charge on any atom is -0.496 e. The number of hydrogen-bond donors (Lipinski definition) is 0. The Kier molecular flexibility index (Phi) is 6.18. The molecule has 3 aliphatic heterocycles. The summed E-state index contributed by atoms with van der Waals surface area (Å²) in [5.41, 5.74) is 1.73. The van der Waals surface area contributed by atoms with Gasteiger partial charge in [-0.25, -0.2) is 4.90 Å². The van der Waals surface area contributed by atoms with Crippen molar-refractivity contribution in [1.82, 2.24) is 4.90 Å². The van der Waals surface area contributed by atoms with Crippen LogP contribution in [0.1, 0.15) is 27.5 Å². The summed E-state index contributed by atoms with van der Waals surface area (Å²) < 4.78 is 11.2. The number of halogens is 1. The summed E-state index contributed by atoms with van der Waals surface area (Å²) >= 11 is 3.42. The number of fused-ring (bicyclic) bond motifs is 5. The molecule has 0 aliphatic carbocycles. The van der Waals surface area contributed by atoms with Crippen LogP contribution in [0.15, 0.2) is 71.3 Å². The number of ketones is 1. The van der Waals surface area contributed by atoms with Crippen molar-refractivity contribution in [2.45, 2.75) is 12.1 Å². The third-order valence-corrected chi connectivity index (χ3v) is 8.40. The summed E-state index contributed by atoms with van der Waals surface area (Å²) in [7, 11) is 2.87. The van der Waals surface area contributed by atoms with E-state index < -0.39 is 40.7 Å². The Morgan fingerprint density at radius 2 is 1.65 bits per heavy atom. The predicted molar refractivity (Wildman–Crippen MR) is 148 cm³/mol. The maximum Gasteiger partial charge on any atom is 0.271 e. The number of methoxy groups -OCH3 is 2. The van der Waals surface area contributed by atoms with Gasteiger partial charge in [0.15, 0.2) is 5.78 Å². The van der Waals surface area contributed by atoms with Gasteiger partial charge in [0.05, 0.1) is 41.5 Å². The van der Waals surface area contributed by atoms with Gasteiger partial charge in [-0.2, -0.15) is 0 Å². The topological polar surface area (TPSA) is 119 Å². The standard InChI is InChI=1S/C29H22BrN3O7/c1-39-21-9-7-16(13-19(21)30)27(34)26-24-23(25-18-6-4-3-5-15(18)11-12-31(25)26)28(35)32(29(24)36)20-14-17(33(37)38)8-10-22(20)40-2/h3-14,23-26H,1-2H3/t23-,24+,25+,26-/m0/s1. The number of nitro groups is 1. The number of nitro benzene ring substituents is 1. The summed E-state index contributed by atoms with van der Waals surface area (Å²) in [6.07, 6.45) is 3.64. The van der Waals surface area contributed by atoms with E-state index in [2.05, 4.69) is 15.9 Å². The molecule has 6 rings (SSSR count). The first-order valence-electron chi connectivity index (χ1n) is 12.4. The predicted octanol–water partition coefficient (Wildman–Crippen LogP) is 4.77. The molecule has 0 unspecified atom stereocenters. The molecule has 11 heteroatoms. The van der Waals surface area contributed by atoms with Gasteiger partial charge in [0.25, 0.3) is 5.69 Å². The lowest BCUT2D eigenvalue weighted by molar-refractivity contribution is -0.384. The van der Waals surface area contributed by atoms with Crippen LogP contribution in [0, 0.1) is 22.0 Å². The smallest absolute Gasteiger partial charge is 0.271 e. The second-order valence-electron chi connectivity index (χ2n) is 9.67. The van der Waals surface area contributed by atoms with Gasteiger partial charge in [-0.15, -0.1) is 0 Å². The van der Waals surface area contributed by atoms with E-state index in [4.69, 9.17) is 9.47 Å². The number of anilines is 1. The van der Waals surface area contributed by atoms with Crippen LogP contribution >= 0.6 is 15.9 Å². The molecule has 202 valence electrons. The van der Waals surface area contributed by atoms with Crippen molar-refractivity contribution in [1.29, 1.82) is 0 Å². The van der Waals surface area contributed by atoms with Crippen molar-refractivity contribution in [3.63, 3.8) is 0 Å². The Balaban J connectivity index is 1.50. The molecule has 40 heavy (non-hydrogen) atoms. The number of carbonyl (C=O) groups is 3. The van der Waals surface area contributed by atoms with Gasteiger partial charge in [-0.3, -0.25) is 24.5 Å². The van der Waals surface area contributed by atoms with Gasteiger partial charge in [-0.1, -0.05) is 24.3 Å². The molecule has 3 aliphatic rings. The van der Waals surface area contributed by atoms with Gasteiger partial charge >= 0.3 is 0 Å². The van der Waals surface area contributed by atoms with Crippen molar-refractivity contribution >= 4 is 51.0 Å². The number of non-ortho nitro benzene ring substituents is 1. The second kappa shape index (κ2) is 9.60. The Morgan fingerprint density at radius 3 is 2.35 bits per heavy atom. The second-order valence-corrected chi connectivity index (χ2v) is 10.5. The Labute approximate surface area is 237 Å². The van der Waals surface area contributed by atoms with Gasteiger partial charge in [0.2, 0.25) is 11.8 Å². The number of carbonyl (C=O) groups excluding carboxylic acids is 3. The van der Waals surface area contributed by atoms with E-state index in [0.29, 0.717) is 15.8 Å². The molecule has 3 heterocycles. The van der Waals surface area contributed by atoms with Gasteiger partial charge < -0.3 is 14.4 Å². The number of amides is 2. The van der Waals surface area contributed by atoms with Crippen LogP contribution in [0.4, 0.5) is 11.4 Å². The summed E-state index contributed by atoms with van der Waals surface area (Å²) in [4.78, 5) is 56.1. The van der Waals surface area contributed by atoms with Crippen LogP contribution in [-0.4, -0.2) is 47.7 Å². The third-order valence-electron chi connectivity index (χ3n) is 7.78. The number of Topliss-reactive ketones (excluding diaryl/α,β-unsaturated/α-hetero) is 1. The molecule has 0 bridgehead atoms. The molecule has 0 saturated carbocycles. The van der Waals surface area contributed by atoms with E-state index in [1.807, 2.05) is 30.3 Å². The minimum absolute atomic E-state index is 0.0225. The zero-order valence-electron chi connectivity index (χ0n) is 21.3. The van der Waals surface area contributed by atoms with Crippen LogP contribution < -0.4 is 14.4 Å². The zero-order valence-corrected chi connectivity index (χ0v) is 22.9. The highest BCUT2D eigenvalue weighted by Crippen LogP contribution is 2.54. The average molecular weight is 604 g/mol. The van der Waals surface area contributed by atoms with Crippen molar-refractivity contribution in [2.24, 2.45) is 11.8 Å². The summed E-state index contributed by atoms with van der Waals surface area (Å²) in [6.45, 7) is 0. The van der Waals surface area contributed by atoms with Crippen LogP contribution in [0.25, 0.3) is 6.08 Å². The molecule has 0 spiro atoms. The van der Waals surface area contributed by atoms with Crippen LogP contribution in [-0.2, 0) is 9.59 Å². The molecule has 0 N–H and O–H groups in total. The summed E-state index contributed by atoms with van der Waals surface area (Å²) in [5.74, 6) is -2.75. The molecular formula is C29H22BrN3O7. The highest BCUT2D eigenvalue weighted by atomic mass is 79.9. The first kappa shape index (κ1) is 25.8. The van der Waals surface area contributed by atoms with Crippen LogP contribution in [0.3, 0.4) is 0 Å². The number of hydrogen-bond acceptors (Lipinski definition) is 8. The molecule has 3 aromatic rings. The normalized spacial score (nSPS) is 22.6. The van der Waals surface area contributed by atoms with Gasteiger partial charge in [0.1, 0.15) is 23.2 Å². The molecule has 2 saturated heterocycles. The molecule has 4 atom stereocenters. The fourth-order valence-corrected chi connectivity index (χ4v) is 6.59. The molecule has 2 amide bonds. The summed E-state index contributed by atoms with van der Waals surface area (Å²) in [5, 5.41) is 11.5. The maximum absolute atomic E-state index is 14.2. The highest BCUT2D eigenvalue weighted by Gasteiger charge is 2.65. The van der Waals surface area contributed by atoms with Crippen LogP contribution in [0.2, 0.25) is 0 Å². The van der Waals surface area contributed by atoms with E-state index in [9.17, 15) is 24.5 Å². The summed E-state index contributed by atoms with van der Waals surface area (Å²) in [6, 6.07) is 14.6. The SMILES string of the molecule is COc1ccc(C(=O)[C@@H]2[C@@H]3C(=O)N(c4cc([N+](=O)[O-])ccc4OC)C(=O)[C@@H]3[C@H]3c4ccccc4C=CN23)cc1Br. The van der Waals surface area contributed by atoms with Gasteiger partial charge in [-0.05, 0) is 57.4 Å². The Hall–Kier alpha value is -4.51. The molecule has 0 radical (unpaired) electrons. The lowest BCUT2D eigenvalue weighted by atomic mass is 9.83. The molecule has 0 aromatic heterocycles. The van der Waals surface area contributed by atoms with Crippen molar-refractivity contribution in [3.8, 4) is 11.5 Å². The number of rotatable bonds is 6. The quantitative estimate of drug-likeness (QED) is 0.171. The fraction of sp³-hybridized carbons (Fsp3) is 0.207. The van der Waals surface area contributed by atoms with Crippen molar-refractivity contribution < 1.29 is 28.8 Å². The van der Waals surface area contributed by atoms with Crippen molar-refractivity contribution in [3.05, 3.63) is 98.1 Å². The Morgan fingerprint density at radius 1 is 0.950 bits per heavy atom. The van der Waals surface area contributed by atoms with E-state index >= 15 is 0 Å². The molecule has 2 fully saturated rings.